The van der Waals surface area contributed by atoms with Crippen LogP contribution in [-0.2, 0) is 24.3 Å². The number of amides is 1. The predicted octanol–water partition coefficient (Wildman–Crippen LogP) is 4.22. The lowest BCUT2D eigenvalue weighted by Gasteiger charge is -2.14. The molecule has 2 heterocycles. The number of benzene rings is 1. The Balaban J connectivity index is 0.000000926. The van der Waals surface area contributed by atoms with Crippen LogP contribution in [0.15, 0.2) is 78.4 Å². The van der Waals surface area contributed by atoms with Crippen molar-refractivity contribution < 1.29 is 9.53 Å². The molecule has 198 valence electrons. The van der Waals surface area contributed by atoms with Crippen LogP contribution in [0.2, 0.25) is 5.02 Å². The van der Waals surface area contributed by atoms with Gasteiger partial charge in [-0.05, 0) is 44.2 Å². The smallest absolute Gasteiger partial charge is 0.293 e. The number of nitrogens with zero attached hydrogens (tertiary/aromatic N) is 4. The summed E-state index contributed by atoms with van der Waals surface area (Å²) >= 11 is 6.04. The number of pyridine rings is 1. The van der Waals surface area contributed by atoms with Crippen molar-refractivity contribution in [2.45, 2.75) is 33.4 Å². The van der Waals surface area contributed by atoms with Gasteiger partial charge in [0.05, 0.1) is 0 Å². The van der Waals surface area contributed by atoms with Crippen molar-refractivity contribution in [2.24, 2.45) is 0 Å². The summed E-state index contributed by atoms with van der Waals surface area (Å²) in [6.07, 6.45) is 9.47. The number of carbonyl (C=O) groups excluding carboxylic acids is 1. The van der Waals surface area contributed by atoms with Crippen LogP contribution in [0.1, 0.15) is 23.9 Å². The third kappa shape index (κ3) is 9.91. The van der Waals surface area contributed by atoms with Gasteiger partial charge in [-0.3, -0.25) is 19.1 Å². The van der Waals surface area contributed by atoms with E-state index < -0.39 is 0 Å². The zero-order valence-electron chi connectivity index (χ0n) is 21.5. The molecule has 0 unspecified atom stereocenters. The van der Waals surface area contributed by atoms with E-state index in [1.54, 1.807) is 43.6 Å². The Bertz CT molecular complexity index is 1330. The summed E-state index contributed by atoms with van der Waals surface area (Å²) in [5.41, 5.74) is 1.70. The van der Waals surface area contributed by atoms with E-state index in [0.717, 1.165) is 5.69 Å². The van der Waals surface area contributed by atoms with Crippen molar-refractivity contribution in [3.8, 4) is 11.8 Å². The number of ether oxygens (including phenoxy) is 1. The molecule has 1 aromatic carbocycles. The van der Waals surface area contributed by atoms with Crippen LogP contribution in [0.5, 0.6) is 5.75 Å². The summed E-state index contributed by atoms with van der Waals surface area (Å²) in [6.45, 7) is 7.46. The van der Waals surface area contributed by atoms with E-state index in [1.807, 2.05) is 43.3 Å². The van der Waals surface area contributed by atoms with Crippen molar-refractivity contribution in [3.05, 3.63) is 106 Å². The van der Waals surface area contributed by atoms with Gasteiger partial charge in [0.1, 0.15) is 18.4 Å². The summed E-state index contributed by atoms with van der Waals surface area (Å²) in [7, 11) is 0. The SMILES string of the molecule is C=C/C=C\C.Cc1cnc(NCCc2ccccn2)c(=O)n1CC(=O)NCc1cc(Cl)ccc1OCC#N. The molecule has 2 N–H and O–H groups in total. The molecule has 0 aliphatic rings. The second-order valence-electron chi connectivity index (χ2n) is 7.87. The Morgan fingerprint density at radius 2 is 2.11 bits per heavy atom. The molecule has 0 radical (unpaired) electrons. The van der Waals surface area contributed by atoms with Gasteiger partial charge < -0.3 is 15.4 Å². The molecule has 0 fully saturated rings. The first-order valence-electron chi connectivity index (χ1n) is 11.9. The van der Waals surface area contributed by atoms with E-state index in [0.29, 0.717) is 35.0 Å². The minimum Gasteiger partial charge on any atom is -0.478 e. The van der Waals surface area contributed by atoms with Crippen LogP contribution < -0.4 is 20.9 Å². The third-order valence-electron chi connectivity index (χ3n) is 5.07. The number of anilines is 1. The first kappa shape index (κ1) is 29.8. The highest BCUT2D eigenvalue weighted by Gasteiger charge is 2.13. The molecule has 1 amide bonds. The van der Waals surface area contributed by atoms with Gasteiger partial charge in [-0.15, -0.1) is 0 Å². The monoisotopic (exact) mass is 534 g/mol. The van der Waals surface area contributed by atoms with Crippen LogP contribution in [0, 0.1) is 18.3 Å². The first-order chi connectivity index (χ1) is 18.4. The molecule has 0 saturated carbocycles. The minimum absolute atomic E-state index is 0.121. The average Bonchev–Trinajstić information content (AvgIpc) is 2.92. The summed E-state index contributed by atoms with van der Waals surface area (Å²) in [4.78, 5) is 33.8. The lowest BCUT2D eigenvalue weighted by atomic mass is 10.2. The van der Waals surface area contributed by atoms with E-state index in [1.165, 1.54) is 4.57 Å². The lowest BCUT2D eigenvalue weighted by Crippen LogP contribution is -2.34. The van der Waals surface area contributed by atoms with Crippen LogP contribution in [0.3, 0.4) is 0 Å². The molecule has 10 heteroatoms. The van der Waals surface area contributed by atoms with Gasteiger partial charge in [0.25, 0.3) is 5.56 Å². The third-order valence-corrected chi connectivity index (χ3v) is 5.31. The molecular weight excluding hydrogens is 504 g/mol. The number of carbonyl (C=O) groups is 1. The van der Waals surface area contributed by atoms with E-state index in [2.05, 4.69) is 27.2 Å². The van der Waals surface area contributed by atoms with Crippen LogP contribution in [-0.4, -0.2) is 33.6 Å². The summed E-state index contributed by atoms with van der Waals surface area (Å²) in [5.74, 6) is 0.265. The normalized spacial score (nSPS) is 10.2. The van der Waals surface area contributed by atoms with Crippen molar-refractivity contribution in [3.63, 3.8) is 0 Å². The number of aryl methyl sites for hydroxylation is 1. The highest BCUT2D eigenvalue weighted by Crippen LogP contribution is 2.22. The van der Waals surface area contributed by atoms with Crippen LogP contribution in [0.4, 0.5) is 5.82 Å². The van der Waals surface area contributed by atoms with Gasteiger partial charge in [-0.1, -0.05) is 42.5 Å². The van der Waals surface area contributed by atoms with E-state index in [9.17, 15) is 9.59 Å². The van der Waals surface area contributed by atoms with Gasteiger partial charge in [0.2, 0.25) is 5.91 Å². The number of nitriles is 1. The second-order valence-corrected chi connectivity index (χ2v) is 8.31. The maximum Gasteiger partial charge on any atom is 0.293 e. The average molecular weight is 535 g/mol. The second kappa shape index (κ2) is 16.3. The summed E-state index contributed by atoms with van der Waals surface area (Å²) in [6, 6.07) is 12.5. The van der Waals surface area contributed by atoms with E-state index in [-0.39, 0.29) is 37.0 Å². The van der Waals surface area contributed by atoms with Crippen molar-refractivity contribution >= 4 is 23.3 Å². The van der Waals surface area contributed by atoms with Gasteiger partial charge in [0.15, 0.2) is 12.4 Å². The van der Waals surface area contributed by atoms with Gasteiger partial charge >= 0.3 is 0 Å². The number of aromatic nitrogens is 3. The fourth-order valence-corrected chi connectivity index (χ4v) is 3.40. The standard InChI is InChI=1S/C23H23ClN6O3.C5H8/c1-16-13-29-22(27-10-7-19-4-2-3-9-26-19)23(32)30(16)15-21(31)28-14-17-12-18(24)5-6-20(17)33-11-8-25;1-3-5-4-2/h2-6,9,12-13H,7,10-11,14-15H2,1H3,(H,27,29)(H,28,31);3-5H,1H2,2H3/b;5-4-. The Morgan fingerprint density at radius 3 is 2.76 bits per heavy atom. The highest BCUT2D eigenvalue weighted by atomic mass is 35.5. The number of hydrogen-bond acceptors (Lipinski definition) is 7. The zero-order chi connectivity index (χ0) is 27.8. The highest BCUT2D eigenvalue weighted by molar-refractivity contribution is 6.30. The molecule has 0 saturated heterocycles. The molecule has 2 aromatic heterocycles. The number of hydrogen-bond donors (Lipinski definition) is 2. The maximum absolute atomic E-state index is 12.8. The lowest BCUT2D eigenvalue weighted by molar-refractivity contribution is -0.121. The number of allylic oxidation sites excluding steroid dienone is 3. The fourth-order valence-electron chi connectivity index (χ4n) is 3.21. The predicted molar refractivity (Wildman–Crippen MR) is 149 cm³/mol. The molecule has 9 nitrogen and oxygen atoms in total. The van der Waals surface area contributed by atoms with Crippen molar-refractivity contribution in [2.75, 3.05) is 18.5 Å². The number of rotatable bonds is 11. The fraction of sp³-hybridized carbons (Fsp3) is 0.250. The summed E-state index contributed by atoms with van der Waals surface area (Å²) < 4.78 is 6.73. The van der Waals surface area contributed by atoms with Crippen LogP contribution >= 0.6 is 11.6 Å². The van der Waals surface area contributed by atoms with Crippen molar-refractivity contribution in [1.82, 2.24) is 19.9 Å². The maximum atomic E-state index is 12.8. The van der Waals surface area contributed by atoms with E-state index >= 15 is 0 Å². The molecular formula is C28H31ClN6O3. The molecule has 0 atom stereocenters. The molecule has 0 bridgehead atoms. The Kier molecular flexibility index (Phi) is 12.8. The summed E-state index contributed by atoms with van der Waals surface area (Å²) in [5, 5.41) is 15.0. The van der Waals surface area contributed by atoms with E-state index in [4.69, 9.17) is 21.6 Å². The van der Waals surface area contributed by atoms with Crippen LogP contribution in [0.25, 0.3) is 0 Å². The van der Waals surface area contributed by atoms with Gasteiger partial charge in [-0.25, -0.2) is 4.98 Å². The van der Waals surface area contributed by atoms with Crippen molar-refractivity contribution in [1.29, 1.82) is 5.26 Å². The Morgan fingerprint density at radius 1 is 1.29 bits per heavy atom. The largest absolute Gasteiger partial charge is 0.478 e. The van der Waals surface area contributed by atoms with Gasteiger partial charge in [0, 0.05) is 53.9 Å². The molecule has 3 rings (SSSR count). The topological polar surface area (TPSA) is 122 Å². The number of nitrogens with one attached hydrogen (secondary N) is 2. The Labute approximate surface area is 227 Å². The van der Waals surface area contributed by atoms with Gasteiger partial charge in [-0.2, -0.15) is 5.26 Å². The number of halogens is 1. The molecule has 0 aliphatic heterocycles. The Hall–Kier alpha value is -4.42. The molecule has 38 heavy (non-hydrogen) atoms. The molecule has 0 spiro atoms. The zero-order valence-corrected chi connectivity index (χ0v) is 22.2. The first-order valence-corrected chi connectivity index (χ1v) is 12.3. The molecule has 3 aromatic rings. The quantitative estimate of drug-likeness (QED) is 0.353. The minimum atomic E-state index is -0.382. The molecule has 0 aliphatic carbocycles.